The number of hydrogen-bond acceptors (Lipinski definition) is 6. The monoisotopic (exact) mass is 431 g/mol. The van der Waals surface area contributed by atoms with E-state index >= 15 is 0 Å². The number of ether oxygens (including phenoxy) is 2. The van der Waals surface area contributed by atoms with E-state index in [4.69, 9.17) is 9.47 Å². The van der Waals surface area contributed by atoms with Gasteiger partial charge in [-0.15, -0.1) is 0 Å². The molecule has 3 aromatic rings. The topological polar surface area (TPSA) is 114 Å². The summed E-state index contributed by atoms with van der Waals surface area (Å²) in [6, 6.07) is 15.7. The minimum atomic E-state index is -0.379. The summed E-state index contributed by atoms with van der Waals surface area (Å²) in [4.78, 5) is 32.8. The summed E-state index contributed by atoms with van der Waals surface area (Å²) in [5, 5.41) is 8.58. The molecule has 0 aliphatic carbocycles. The average Bonchev–Trinajstić information content (AvgIpc) is 3.26. The van der Waals surface area contributed by atoms with Crippen molar-refractivity contribution >= 4 is 29.1 Å². The highest BCUT2D eigenvalue weighted by molar-refractivity contribution is 6.10. The number of nitrogens with zero attached hydrogens (tertiary/aromatic N) is 2. The van der Waals surface area contributed by atoms with E-state index in [1.165, 1.54) is 6.92 Å². The largest absolute Gasteiger partial charge is 0.454 e. The van der Waals surface area contributed by atoms with Crippen molar-refractivity contribution in [1.29, 1.82) is 0 Å². The molecule has 0 atom stereocenters. The van der Waals surface area contributed by atoms with Gasteiger partial charge >= 0.3 is 0 Å². The van der Waals surface area contributed by atoms with Crippen LogP contribution in [-0.4, -0.2) is 29.6 Å². The van der Waals surface area contributed by atoms with Crippen molar-refractivity contribution in [3.63, 3.8) is 0 Å². The fraction of sp³-hybridized carbons (Fsp3) is 0.130. The van der Waals surface area contributed by atoms with Gasteiger partial charge in [0.15, 0.2) is 11.5 Å². The van der Waals surface area contributed by atoms with E-state index in [-0.39, 0.29) is 24.6 Å². The number of carbonyl (C=O) groups excluding carboxylic acids is 2. The Hall–Kier alpha value is -4.40. The Morgan fingerprint density at radius 3 is 2.66 bits per heavy atom. The first-order chi connectivity index (χ1) is 15.6. The number of hydrogen-bond donors (Lipinski definition) is 3. The van der Waals surface area contributed by atoms with Gasteiger partial charge in [0.1, 0.15) is 0 Å². The first-order valence-corrected chi connectivity index (χ1v) is 9.86. The predicted molar refractivity (Wildman–Crippen MR) is 120 cm³/mol. The number of rotatable bonds is 5. The third kappa shape index (κ3) is 5.39. The van der Waals surface area contributed by atoms with Gasteiger partial charge in [0.25, 0.3) is 5.91 Å². The molecule has 9 heteroatoms. The van der Waals surface area contributed by atoms with Crippen molar-refractivity contribution in [1.82, 2.24) is 10.3 Å². The lowest BCUT2D eigenvalue weighted by Gasteiger charge is -2.13. The average molecular weight is 431 g/mol. The van der Waals surface area contributed by atoms with Gasteiger partial charge < -0.3 is 20.1 Å². The van der Waals surface area contributed by atoms with Crippen LogP contribution in [0, 0.1) is 0 Å². The first kappa shape index (κ1) is 20.9. The minimum absolute atomic E-state index is 0.169. The second-order valence-corrected chi connectivity index (χ2v) is 6.94. The summed E-state index contributed by atoms with van der Waals surface area (Å²) in [5.41, 5.74) is 2.46. The molecule has 0 fully saturated rings. The maximum atomic E-state index is 12.9. The van der Waals surface area contributed by atoms with Gasteiger partial charge in [-0.3, -0.25) is 19.9 Å². The number of fused-ring (bicyclic) bond motifs is 1. The Kier molecular flexibility index (Phi) is 6.26. The van der Waals surface area contributed by atoms with Crippen LogP contribution >= 0.6 is 0 Å². The summed E-state index contributed by atoms with van der Waals surface area (Å²) >= 11 is 0. The molecule has 1 aliphatic rings. The molecule has 32 heavy (non-hydrogen) atoms. The number of aromatic nitrogens is 1. The molecule has 1 aromatic heterocycles. The maximum absolute atomic E-state index is 12.9. The summed E-state index contributed by atoms with van der Waals surface area (Å²) in [6.07, 6.45) is 3.39. The smallest absolute Gasteiger partial charge is 0.258 e. The van der Waals surface area contributed by atoms with Crippen molar-refractivity contribution in [3.05, 3.63) is 78.1 Å². The molecule has 0 saturated heterocycles. The predicted octanol–water partition coefficient (Wildman–Crippen LogP) is 3.17. The van der Waals surface area contributed by atoms with E-state index in [0.717, 1.165) is 5.56 Å². The highest BCUT2D eigenvalue weighted by atomic mass is 16.7. The normalized spacial score (nSPS) is 12.2. The van der Waals surface area contributed by atoms with Crippen LogP contribution in [0.4, 0.5) is 11.4 Å². The van der Waals surface area contributed by atoms with E-state index in [9.17, 15) is 9.59 Å². The molecule has 2 aromatic carbocycles. The van der Waals surface area contributed by atoms with Crippen molar-refractivity contribution < 1.29 is 19.1 Å². The second-order valence-electron chi connectivity index (χ2n) is 6.94. The zero-order valence-corrected chi connectivity index (χ0v) is 17.3. The summed E-state index contributed by atoms with van der Waals surface area (Å²) in [7, 11) is 0. The quantitative estimate of drug-likeness (QED) is 0.422. The van der Waals surface area contributed by atoms with Crippen LogP contribution in [0.15, 0.2) is 72.0 Å². The molecular formula is C23H21N5O4. The molecule has 4 rings (SSSR count). The fourth-order valence-electron chi connectivity index (χ4n) is 3.00. The molecule has 0 bridgehead atoms. The maximum Gasteiger partial charge on any atom is 0.258 e. The Morgan fingerprint density at radius 1 is 1.00 bits per heavy atom. The van der Waals surface area contributed by atoms with Crippen LogP contribution in [0.3, 0.4) is 0 Å². The van der Waals surface area contributed by atoms with Crippen LogP contribution in [0.2, 0.25) is 0 Å². The van der Waals surface area contributed by atoms with Crippen LogP contribution in [0.5, 0.6) is 11.5 Å². The third-order valence-electron chi connectivity index (χ3n) is 4.45. The molecule has 162 valence electrons. The van der Waals surface area contributed by atoms with E-state index in [0.29, 0.717) is 35.0 Å². The zero-order chi connectivity index (χ0) is 22.3. The number of aliphatic imine (C=N–C) groups is 1. The van der Waals surface area contributed by atoms with Crippen LogP contribution in [0.1, 0.15) is 22.8 Å². The van der Waals surface area contributed by atoms with E-state index in [2.05, 4.69) is 25.9 Å². The molecule has 0 unspecified atom stereocenters. The molecule has 3 N–H and O–H groups in total. The molecule has 0 radical (unpaired) electrons. The van der Waals surface area contributed by atoms with Gasteiger partial charge in [0.2, 0.25) is 18.7 Å². The van der Waals surface area contributed by atoms with Gasteiger partial charge in [0, 0.05) is 42.3 Å². The molecule has 2 heterocycles. The summed E-state index contributed by atoms with van der Waals surface area (Å²) in [6.45, 7) is 1.89. The Balaban J connectivity index is 1.54. The van der Waals surface area contributed by atoms with Crippen molar-refractivity contribution in [2.45, 2.75) is 13.5 Å². The minimum Gasteiger partial charge on any atom is -0.454 e. The molecule has 9 nitrogen and oxygen atoms in total. The van der Waals surface area contributed by atoms with Gasteiger partial charge in [-0.25, -0.2) is 4.99 Å². The summed E-state index contributed by atoms with van der Waals surface area (Å²) < 4.78 is 10.8. The number of anilines is 2. The Labute approximate surface area is 184 Å². The van der Waals surface area contributed by atoms with Crippen molar-refractivity contribution in [3.8, 4) is 11.5 Å². The molecular weight excluding hydrogens is 410 g/mol. The molecule has 1 aliphatic heterocycles. The van der Waals surface area contributed by atoms with Gasteiger partial charge in [-0.2, -0.15) is 0 Å². The van der Waals surface area contributed by atoms with Crippen molar-refractivity contribution in [2.75, 3.05) is 17.4 Å². The second kappa shape index (κ2) is 9.61. The van der Waals surface area contributed by atoms with Crippen LogP contribution in [0.25, 0.3) is 0 Å². The lowest BCUT2D eigenvalue weighted by Crippen LogP contribution is -2.36. The number of benzene rings is 2. The van der Waals surface area contributed by atoms with Crippen LogP contribution < -0.4 is 25.4 Å². The van der Waals surface area contributed by atoms with Gasteiger partial charge in [0.05, 0.1) is 6.54 Å². The van der Waals surface area contributed by atoms with Gasteiger partial charge in [-0.1, -0.05) is 12.1 Å². The highest BCUT2D eigenvalue weighted by Gasteiger charge is 2.15. The number of guanidine groups is 1. The third-order valence-corrected chi connectivity index (χ3v) is 4.45. The number of nitrogens with one attached hydrogen (secondary N) is 3. The first-order valence-electron chi connectivity index (χ1n) is 9.86. The fourth-order valence-corrected chi connectivity index (χ4v) is 3.00. The van der Waals surface area contributed by atoms with Crippen molar-refractivity contribution in [2.24, 2.45) is 4.99 Å². The molecule has 2 amide bonds. The SMILES string of the molecule is CC(=O)Nc1cccc(C(=O)NC(=NCc2cccnc2)Nc2ccc3c(c2)OCO3)c1. The zero-order valence-electron chi connectivity index (χ0n) is 17.3. The van der Waals surface area contributed by atoms with E-state index < -0.39 is 0 Å². The molecule has 0 saturated carbocycles. The Bertz CT molecular complexity index is 1160. The summed E-state index contributed by atoms with van der Waals surface area (Å²) in [5.74, 6) is 0.919. The van der Waals surface area contributed by atoms with Gasteiger partial charge in [-0.05, 0) is 42.0 Å². The standard InChI is InChI=1S/C23H21N5O4/c1-15(29)26-18-6-2-5-17(10-18)22(30)28-23(25-13-16-4-3-9-24-12-16)27-19-7-8-20-21(11-19)32-14-31-20/h2-12H,13-14H2,1H3,(H,26,29)(H2,25,27,28,30). The Morgan fingerprint density at radius 2 is 1.84 bits per heavy atom. The lowest BCUT2D eigenvalue weighted by atomic mass is 10.2. The lowest BCUT2D eigenvalue weighted by molar-refractivity contribution is -0.114. The van der Waals surface area contributed by atoms with E-state index in [1.807, 2.05) is 12.1 Å². The number of carbonyl (C=O) groups is 2. The van der Waals surface area contributed by atoms with Crippen LogP contribution in [-0.2, 0) is 11.3 Å². The molecule has 0 spiro atoms. The highest BCUT2D eigenvalue weighted by Crippen LogP contribution is 2.34. The van der Waals surface area contributed by atoms with E-state index in [1.54, 1.807) is 54.9 Å². The number of amides is 2. The number of pyridine rings is 1.